The van der Waals surface area contributed by atoms with E-state index in [1.165, 1.54) is 6.07 Å². The Hall–Kier alpha value is -2.16. The lowest BCUT2D eigenvalue weighted by Gasteiger charge is -2.13. The smallest absolute Gasteiger partial charge is 0.177 e. The third-order valence-electron chi connectivity index (χ3n) is 2.83. The normalized spacial score (nSPS) is 11.9. The van der Waals surface area contributed by atoms with Crippen molar-refractivity contribution < 1.29 is 13.9 Å². The summed E-state index contributed by atoms with van der Waals surface area (Å²) < 4.78 is 19.0. The van der Waals surface area contributed by atoms with Crippen LogP contribution in [0.25, 0.3) is 0 Å². The molecule has 0 aromatic heterocycles. The van der Waals surface area contributed by atoms with Crippen molar-refractivity contribution in [1.29, 1.82) is 0 Å². The molecule has 0 bridgehead atoms. The van der Waals surface area contributed by atoms with E-state index >= 15 is 0 Å². The van der Waals surface area contributed by atoms with E-state index in [9.17, 15) is 9.18 Å². The van der Waals surface area contributed by atoms with Gasteiger partial charge < -0.3 is 4.74 Å². The average molecular weight is 258 g/mol. The first-order chi connectivity index (χ1) is 9.16. The summed E-state index contributed by atoms with van der Waals surface area (Å²) in [5.41, 5.74) is 0.399. The molecular weight excluding hydrogens is 243 g/mol. The van der Waals surface area contributed by atoms with Crippen LogP contribution in [0.3, 0.4) is 0 Å². The minimum atomic E-state index is -0.595. The van der Waals surface area contributed by atoms with Crippen LogP contribution in [0.5, 0.6) is 5.75 Å². The Morgan fingerprint density at radius 1 is 1.11 bits per heavy atom. The SMILES string of the molecule is CC(Oc1ccccc1)C(=O)Cc1ccccc1F. The fourth-order valence-electron chi connectivity index (χ4n) is 1.74. The molecule has 0 N–H and O–H groups in total. The number of halogens is 1. The molecule has 0 spiro atoms. The monoisotopic (exact) mass is 258 g/mol. The maximum Gasteiger partial charge on any atom is 0.177 e. The van der Waals surface area contributed by atoms with Gasteiger partial charge in [-0.25, -0.2) is 4.39 Å². The van der Waals surface area contributed by atoms with E-state index in [0.717, 1.165) is 0 Å². The zero-order valence-electron chi connectivity index (χ0n) is 10.7. The number of hydrogen-bond donors (Lipinski definition) is 0. The average Bonchev–Trinajstić information content (AvgIpc) is 2.42. The number of rotatable bonds is 5. The molecule has 0 heterocycles. The second-order valence-electron chi connectivity index (χ2n) is 4.31. The number of ether oxygens (including phenoxy) is 1. The van der Waals surface area contributed by atoms with Crippen LogP contribution in [0.4, 0.5) is 4.39 Å². The Balaban J connectivity index is 1.99. The van der Waals surface area contributed by atoms with Crippen LogP contribution < -0.4 is 4.74 Å². The van der Waals surface area contributed by atoms with Gasteiger partial charge in [0, 0.05) is 6.42 Å². The summed E-state index contributed by atoms with van der Waals surface area (Å²) in [6.07, 6.45) is -0.553. The Labute approximate surface area is 111 Å². The Morgan fingerprint density at radius 2 is 1.74 bits per heavy atom. The van der Waals surface area contributed by atoms with Crippen molar-refractivity contribution >= 4 is 5.78 Å². The standard InChI is InChI=1S/C16H15FO2/c1-12(19-14-8-3-2-4-9-14)16(18)11-13-7-5-6-10-15(13)17/h2-10,12H,11H2,1H3. The molecule has 2 rings (SSSR count). The van der Waals surface area contributed by atoms with E-state index in [4.69, 9.17) is 4.74 Å². The van der Waals surface area contributed by atoms with Gasteiger partial charge in [0.15, 0.2) is 11.9 Å². The zero-order valence-corrected chi connectivity index (χ0v) is 10.7. The number of para-hydroxylation sites is 1. The summed E-state index contributed by atoms with van der Waals surface area (Å²) in [7, 11) is 0. The lowest BCUT2D eigenvalue weighted by atomic mass is 10.1. The molecule has 0 saturated carbocycles. The molecule has 1 atom stereocenters. The highest BCUT2D eigenvalue weighted by Gasteiger charge is 2.16. The number of benzene rings is 2. The Bertz CT molecular complexity index is 552. The van der Waals surface area contributed by atoms with Crippen molar-refractivity contribution in [2.45, 2.75) is 19.4 Å². The van der Waals surface area contributed by atoms with Gasteiger partial charge in [0.25, 0.3) is 0 Å². The fraction of sp³-hybridized carbons (Fsp3) is 0.188. The second kappa shape index (κ2) is 6.14. The van der Waals surface area contributed by atoms with Gasteiger partial charge in [-0.2, -0.15) is 0 Å². The van der Waals surface area contributed by atoms with Crippen molar-refractivity contribution in [3.05, 3.63) is 66.0 Å². The molecule has 0 aliphatic heterocycles. The van der Waals surface area contributed by atoms with Crippen LogP contribution in [0.15, 0.2) is 54.6 Å². The first-order valence-electron chi connectivity index (χ1n) is 6.14. The third kappa shape index (κ3) is 3.65. The van der Waals surface area contributed by atoms with E-state index in [1.807, 2.05) is 18.2 Å². The van der Waals surface area contributed by atoms with Gasteiger partial charge >= 0.3 is 0 Å². The predicted octanol–water partition coefficient (Wildman–Crippen LogP) is 3.40. The van der Waals surface area contributed by atoms with Crippen LogP contribution in [-0.4, -0.2) is 11.9 Å². The molecule has 3 heteroatoms. The summed E-state index contributed by atoms with van der Waals surface area (Å²) in [5.74, 6) is 0.133. The fourth-order valence-corrected chi connectivity index (χ4v) is 1.74. The second-order valence-corrected chi connectivity index (χ2v) is 4.31. The van der Waals surface area contributed by atoms with Crippen LogP contribution >= 0.6 is 0 Å². The molecule has 0 amide bonds. The molecular formula is C16H15FO2. The van der Waals surface area contributed by atoms with Gasteiger partial charge in [0.2, 0.25) is 0 Å². The number of ketones is 1. The van der Waals surface area contributed by atoms with Gasteiger partial charge in [-0.1, -0.05) is 36.4 Å². The predicted molar refractivity (Wildman–Crippen MR) is 71.6 cm³/mol. The van der Waals surface area contributed by atoms with Crippen LogP contribution in [0.1, 0.15) is 12.5 Å². The lowest BCUT2D eigenvalue weighted by Crippen LogP contribution is -2.25. The van der Waals surface area contributed by atoms with Crippen molar-refractivity contribution in [2.24, 2.45) is 0 Å². The quantitative estimate of drug-likeness (QED) is 0.821. The molecule has 2 nitrogen and oxygen atoms in total. The summed E-state index contributed by atoms with van der Waals surface area (Å²) in [6, 6.07) is 15.4. The Morgan fingerprint density at radius 3 is 2.42 bits per heavy atom. The molecule has 1 unspecified atom stereocenters. The number of carbonyl (C=O) groups is 1. The number of Topliss-reactive ketones (excluding diaryl/α,β-unsaturated/α-hetero) is 1. The van der Waals surface area contributed by atoms with Crippen LogP contribution in [0.2, 0.25) is 0 Å². The van der Waals surface area contributed by atoms with Crippen molar-refractivity contribution in [1.82, 2.24) is 0 Å². The molecule has 98 valence electrons. The zero-order chi connectivity index (χ0) is 13.7. The van der Waals surface area contributed by atoms with E-state index in [2.05, 4.69) is 0 Å². The summed E-state index contributed by atoms with van der Waals surface area (Å²) >= 11 is 0. The highest BCUT2D eigenvalue weighted by Crippen LogP contribution is 2.13. The highest BCUT2D eigenvalue weighted by atomic mass is 19.1. The van der Waals surface area contributed by atoms with Crippen molar-refractivity contribution in [3.8, 4) is 5.75 Å². The topological polar surface area (TPSA) is 26.3 Å². The minimum absolute atomic E-state index is 0.0423. The molecule has 0 saturated heterocycles. The van der Waals surface area contributed by atoms with Gasteiger partial charge in [-0.3, -0.25) is 4.79 Å². The Kier molecular flexibility index (Phi) is 4.29. The molecule has 0 fully saturated rings. The van der Waals surface area contributed by atoms with Crippen molar-refractivity contribution in [3.63, 3.8) is 0 Å². The molecule has 2 aromatic rings. The number of carbonyl (C=O) groups excluding carboxylic acids is 1. The van der Waals surface area contributed by atoms with Gasteiger partial charge in [0.1, 0.15) is 11.6 Å². The molecule has 2 aromatic carbocycles. The van der Waals surface area contributed by atoms with E-state index in [1.54, 1.807) is 37.3 Å². The van der Waals surface area contributed by atoms with Gasteiger partial charge in [-0.05, 0) is 30.7 Å². The highest BCUT2D eigenvalue weighted by molar-refractivity contribution is 5.85. The van der Waals surface area contributed by atoms with Gasteiger partial charge in [-0.15, -0.1) is 0 Å². The van der Waals surface area contributed by atoms with Gasteiger partial charge in [0.05, 0.1) is 0 Å². The molecule has 0 aliphatic rings. The van der Waals surface area contributed by atoms with Crippen LogP contribution in [-0.2, 0) is 11.2 Å². The lowest BCUT2D eigenvalue weighted by molar-refractivity contribution is -0.124. The van der Waals surface area contributed by atoms with Crippen molar-refractivity contribution in [2.75, 3.05) is 0 Å². The molecule has 0 radical (unpaired) electrons. The largest absolute Gasteiger partial charge is 0.483 e. The number of hydrogen-bond acceptors (Lipinski definition) is 2. The van der Waals surface area contributed by atoms with Crippen LogP contribution in [0, 0.1) is 5.82 Å². The summed E-state index contributed by atoms with van der Waals surface area (Å²) in [4.78, 5) is 12.0. The third-order valence-corrected chi connectivity index (χ3v) is 2.83. The summed E-state index contributed by atoms with van der Waals surface area (Å²) in [5, 5.41) is 0. The summed E-state index contributed by atoms with van der Waals surface area (Å²) in [6.45, 7) is 1.68. The molecule has 19 heavy (non-hydrogen) atoms. The maximum atomic E-state index is 13.4. The van der Waals surface area contributed by atoms with E-state index in [-0.39, 0.29) is 18.0 Å². The minimum Gasteiger partial charge on any atom is -0.483 e. The van der Waals surface area contributed by atoms with E-state index in [0.29, 0.717) is 11.3 Å². The first-order valence-corrected chi connectivity index (χ1v) is 6.14. The first kappa shape index (κ1) is 13.3. The maximum absolute atomic E-state index is 13.4. The van der Waals surface area contributed by atoms with E-state index < -0.39 is 6.10 Å². The molecule has 0 aliphatic carbocycles.